The lowest BCUT2D eigenvalue weighted by Crippen LogP contribution is -2.34. The van der Waals surface area contributed by atoms with E-state index in [9.17, 15) is 17.6 Å². The number of aryl methyl sites for hydroxylation is 1. The third-order valence-corrected chi connectivity index (χ3v) is 8.59. The van der Waals surface area contributed by atoms with Crippen molar-refractivity contribution in [3.63, 3.8) is 0 Å². The Labute approximate surface area is 222 Å². The van der Waals surface area contributed by atoms with Crippen molar-refractivity contribution in [1.82, 2.24) is 9.97 Å². The number of carbonyl (C=O) groups excluding carboxylic acids is 1. The largest absolute Gasteiger partial charge is 0.325 e. The smallest absolute Gasteiger partial charge is 0.268 e. The maximum atomic E-state index is 13.6. The SMILES string of the molecule is Cc1cccc(CN2c3ccccc3-c3nc(SCC(=O)Nc4ccc(F)c(Cl)c4)ncc3S2(=O)=O)c1. The number of fused-ring (bicyclic) bond motifs is 3. The Balaban J connectivity index is 1.40. The van der Waals surface area contributed by atoms with Gasteiger partial charge in [0, 0.05) is 11.3 Å². The average molecular weight is 555 g/mol. The molecule has 0 saturated carbocycles. The molecule has 0 atom stereocenters. The van der Waals surface area contributed by atoms with Gasteiger partial charge >= 0.3 is 0 Å². The third-order valence-electron chi connectivity index (χ3n) is 5.67. The second-order valence-electron chi connectivity index (χ2n) is 8.35. The van der Waals surface area contributed by atoms with E-state index in [1.807, 2.05) is 43.3 Å². The number of benzene rings is 3. The van der Waals surface area contributed by atoms with E-state index in [2.05, 4.69) is 15.3 Å². The van der Waals surface area contributed by atoms with Crippen LogP contribution in [0, 0.1) is 12.7 Å². The van der Waals surface area contributed by atoms with Gasteiger partial charge in [-0.25, -0.2) is 22.8 Å². The summed E-state index contributed by atoms with van der Waals surface area (Å²) >= 11 is 6.82. The molecule has 37 heavy (non-hydrogen) atoms. The van der Waals surface area contributed by atoms with Crippen molar-refractivity contribution in [1.29, 1.82) is 0 Å². The molecule has 0 aliphatic carbocycles. The molecule has 1 amide bonds. The zero-order valence-corrected chi connectivity index (χ0v) is 21.9. The first-order valence-corrected chi connectivity index (χ1v) is 13.9. The molecule has 0 radical (unpaired) electrons. The predicted molar refractivity (Wildman–Crippen MR) is 143 cm³/mol. The van der Waals surface area contributed by atoms with Crippen molar-refractivity contribution in [3.8, 4) is 11.3 Å². The van der Waals surface area contributed by atoms with Crippen molar-refractivity contribution in [2.45, 2.75) is 23.5 Å². The molecule has 4 aromatic rings. The minimum atomic E-state index is -3.93. The Hall–Kier alpha value is -3.47. The van der Waals surface area contributed by atoms with E-state index in [0.29, 0.717) is 22.6 Å². The van der Waals surface area contributed by atoms with Crippen molar-refractivity contribution in [2.75, 3.05) is 15.4 Å². The van der Waals surface area contributed by atoms with E-state index in [4.69, 9.17) is 11.6 Å². The molecule has 7 nitrogen and oxygen atoms in total. The van der Waals surface area contributed by atoms with Gasteiger partial charge in [-0.1, -0.05) is 71.4 Å². The molecular weight excluding hydrogens is 535 g/mol. The molecule has 5 rings (SSSR count). The predicted octanol–water partition coefficient (Wildman–Crippen LogP) is 5.68. The van der Waals surface area contributed by atoms with Crippen molar-refractivity contribution >= 4 is 50.7 Å². The number of nitrogens with zero attached hydrogens (tertiary/aromatic N) is 3. The lowest BCUT2D eigenvalue weighted by Gasteiger charge is -2.31. The lowest BCUT2D eigenvalue weighted by molar-refractivity contribution is -0.113. The Morgan fingerprint density at radius 1 is 1.11 bits per heavy atom. The van der Waals surface area contributed by atoms with Crippen molar-refractivity contribution < 1.29 is 17.6 Å². The molecule has 0 fully saturated rings. The Kier molecular flexibility index (Phi) is 6.89. The van der Waals surface area contributed by atoms with E-state index in [1.54, 1.807) is 12.1 Å². The lowest BCUT2D eigenvalue weighted by atomic mass is 10.1. The summed E-state index contributed by atoms with van der Waals surface area (Å²) in [5.41, 5.74) is 3.74. The zero-order chi connectivity index (χ0) is 26.2. The summed E-state index contributed by atoms with van der Waals surface area (Å²) in [6, 6.07) is 18.8. The molecule has 0 bridgehead atoms. The summed E-state index contributed by atoms with van der Waals surface area (Å²) in [6.07, 6.45) is 1.29. The fourth-order valence-corrected chi connectivity index (χ4v) is 6.35. The molecular formula is C26H20ClFN4O3S2. The molecule has 11 heteroatoms. The second kappa shape index (κ2) is 10.1. The molecule has 3 aromatic carbocycles. The number of nitrogens with one attached hydrogen (secondary N) is 1. The standard InChI is InChI=1S/C26H20ClFN4O3S2/c1-16-5-4-6-17(11-16)14-32-22-8-3-2-7-19(22)25-23(37(32,34)35)13-29-26(31-25)36-15-24(33)30-18-9-10-21(28)20(27)12-18/h2-13H,14-15H2,1H3,(H,30,33). The minimum Gasteiger partial charge on any atom is -0.325 e. The number of amides is 1. The highest BCUT2D eigenvalue weighted by Crippen LogP contribution is 2.42. The number of hydrogen-bond donors (Lipinski definition) is 1. The summed E-state index contributed by atoms with van der Waals surface area (Å²) < 4.78 is 42.0. The van der Waals surface area contributed by atoms with Crippen LogP contribution in [0.4, 0.5) is 15.8 Å². The highest BCUT2D eigenvalue weighted by atomic mass is 35.5. The molecule has 0 saturated heterocycles. The summed E-state index contributed by atoms with van der Waals surface area (Å²) in [7, 11) is -3.93. The maximum absolute atomic E-state index is 13.6. The van der Waals surface area contributed by atoms with Crippen LogP contribution in [0.25, 0.3) is 11.3 Å². The number of aromatic nitrogens is 2. The molecule has 2 heterocycles. The van der Waals surface area contributed by atoms with Gasteiger partial charge in [0.2, 0.25) is 5.91 Å². The number of sulfonamides is 1. The van der Waals surface area contributed by atoms with Gasteiger partial charge in [-0.3, -0.25) is 9.10 Å². The van der Waals surface area contributed by atoms with Crippen LogP contribution < -0.4 is 9.62 Å². The van der Waals surface area contributed by atoms with Gasteiger partial charge < -0.3 is 5.32 Å². The van der Waals surface area contributed by atoms with E-state index >= 15 is 0 Å². The van der Waals surface area contributed by atoms with Crippen LogP contribution in [0.2, 0.25) is 5.02 Å². The quantitative estimate of drug-likeness (QED) is 0.243. The first-order chi connectivity index (χ1) is 17.7. The van der Waals surface area contributed by atoms with Crippen LogP contribution in [0.3, 0.4) is 0 Å². The normalized spacial score (nSPS) is 13.5. The van der Waals surface area contributed by atoms with Gasteiger partial charge in [-0.05, 0) is 36.8 Å². The van der Waals surface area contributed by atoms with Crippen LogP contribution in [0.1, 0.15) is 11.1 Å². The van der Waals surface area contributed by atoms with Crippen LogP contribution in [0.15, 0.2) is 83.0 Å². The number of carbonyl (C=O) groups is 1. The molecule has 1 aliphatic heterocycles. The van der Waals surface area contributed by atoms with Gasteiger partial charge in [0.05, 0.1) is 34.9 Å². The molecule has 0 spiro atoms. The van der Waals surface area contributed by atoms with Gasteiger partial charge in [-0.2, -0.15) is 0 Å². The average Bonchev–Trinajstić information content (AvgIpc) is 2.87. The summed E-state index contributed by atoms with van der Waals surface area (Å²) in [6.45, 7) is 2.13. The Bertz CT molecular complexity index is 1630. The number of rotatable bonds is 6. The molecule has 0 unspecified atom stereocenters. The highest BCUT2D eigenvalue weighted by Gasteiger charge is 2.36. The molecule has 188 valence electrons. The van der Waals surface area contributed by atoms with Gasteiger partial charge in [0.15, 0.2) is 5.16 Å². The van der Waals surface area contributed by atoms with E-state index in [1.165, 1.54) is 22.6 Å². The van der Waals surface area contributed by atoms with Gasteiger partial charge in [-0.15, -0.1) is 0 Å². The van der Waals surface area contributed by atoms with Crippen molar-refractivity contribution in [2.24, 2.45) is 0 Å². The number of halogens is 2. The monoisotopic (exact) mass is 554 g/mol. The minimum absolute atomic E-state index is 0.00797. The molecule has 1 N–H and O–H groups in total. The summed E-state index contributed by atoms with van der Waals surface area (Å²) in [5, 5.41) is 2.79. The Morgan fingerprint density at radius 3 is 2.70 bits per heavy atom. The number of hydrogen-bond acceptors (Lipinski definition) is 6. The first-order valence-electron chi connectivity index (χ1n) is 11.1. The van der Waals surface area contributed by atoms with Crippen molar-refractivity contribution in [3.05, 3.63) is 94.9 Å². The third kappa shape index (κ3) is 5.18. The number of anilines is 2. The van der Waals surface area contributed by atoms with E-state index < -0.39 is 15.8 Å². The van der Waals surface area contributed by atoms with Crippen LogP contribution in [-0.4, -0.2) is 30.0 Å². The fraction of sp³-hybridized carbons (Fsp3) is 0.115. The van der Waals surface area contributed by atoms with Crippen LogP contribution >= 0.6 is 23.4 Å². The highest BCUT2D eigenvalue weighted by molar-refractivity contribution is 7.99. The first kappa shape index (κ1) is 25.2. The Morgan fingerprint density at radius 2 is 1.92 bits per heavy atom. The summed E-state index contributed by atoms with van der Waals surface area (Å²) in [4.78, 5) is 21.1. The zero-order valence-electron chi connectivity index (χ0n) is 19.5. The fourth-order valence-electron chi connectivity index (χ4n) is 3.99. The van der Waals surface area contributed by atoms with E-state index in [-0.39, 0.29) is 33.3 Å². The topological polar surface area (TPSA) is 92.3 Å². The van der Waals surface area contributed by atoms with Crippen LogP contribution in [0.5, 0.6) is 0 Å². The number of thioether (sulfide) groups is 1. The molecule has 1 aliphatic rings. The maximum Gasteiger partial charge on any atom is 0.268 e. The van der Waals surface area contributed by atoms with E-state index in [0.717, 1.165) is 29.0 Å². The van der Waals surface area contributed by atoms with Gasteiger partial charge in [0.25, 0.3) is 10.0 Å². The van der Waals surface area contributed by atoms with Gasteiger partial charge in [0.1, 0.15) is 10.7 Å². The molecule has 1 aromatic heterocycles. The van der Waals surface area contributed by atoms with Crippen LogP contribution in [-0.2, 0) is 21.4 Å². The second-order valence-corrected chi connectivity index (χ2v) is 11.5. The summed E-state index contributed by atoms with van der Waals surface area (Å²) in [5.74, 6) is -0.989. The number of para-hydroxylation sites is 1.